The van der Waals surface area contributed by atoms with Crippen molar-refractivity contribution in [2.75, 3.05) is 6.54 Å². The number of carbonyl (C=O) groups is 2. The molecule has 1 unspecified atom stereocenters. The van der Waals surface area contributed by atoms with Gasteiger partial charge < -0.3 is 21.5 Å². The molecule has 2 rings (SSSR count). The van der Waals surface area contributed by atoms with Crippen molar-refractivity contribution in [3.8, 4) is 0 Å². The number of hydrogen-bond acceptors (Lipinski definition) is 5. The normalized spacial score (nSPS) is 19.9. The molecule has 0 radical (unpaired) electrons. The fourth-order valence-corrected chi connectivity index (χ4v) is 2.71. The van der Waals surface area contributed by atoms with Crippen LogP contribution in [0.25, 0.3) is 0 Å². The van der Waals surface area contributed by atoms with E-state index in [1.807, 2.05) is 6.92 Å². The van der Waals surface area contributed by atoms with Gasteiger partial charge in [0.05, 0.1) is 18.3 Å². The molecule has 0 spiro atoms. The van der Waals surface area contributed by atoms with Gasteiger partial charge in [0.2, 0.25) is 11.8 Å². The van der Waals surface area contributed by atoms with Gasteiger partial charge in [-0.2, -0.15) is 5.10 Å². The molecule has 1 aromatic heterocycles. The van der Waals surface area contributed by atoms with E-state index in [2.05, 4.69) is 20.8 Å². The Morgan fingerprint density at radius 1 is 1.55 bits per heavy atom. The van der Waals surface area contributed by atoms with E-state index in [1.54, 1.807) is 0 Å². The largest absolute Gasteiger partial charge is 0.391 e. The van der Waals surface area contributed by atoms with E-state index in [0.29, 0.717) is 6.42 Å². The molecule has 8 nitrogen and oxygen atoms in total. The van der Waals surface area contributed by atoms with Gasteiger partial charge in [-0.15, -0.1) is 0 Å². The lowest BCUT2D eigenvalue weighted by Crippen LogP contribution is -2.56. The van der Waals surface area contributed by atoms with Crippen molar-refractivity contribution in [2.24, 2.45) is 5.73 Å². The lowest BCUT2D eigenvalue weighted by Gasteiger charge is -2.27. The van der Waals surface area contributed by atoms with E-state index in [-0.39, 0.29) is 12.6 Å². The quantitative estimate of drug-likeness (QED) is 0.452. The van der Waals surface area contributed by atoms with Crippen molar-refractivity contribution < 1.29 is 14.7 Å². The third-order valence-electron chi connectivity index (χ3n) is 3.96. The van der Waals surface area contributed by atoms with Crippen LogP contribution in [0.1, 0.15) is 30.3 Å². The van der Waals surface area contributed by atoms with E-state index >= 15 is 0 Å². The number of H-pyrrole nitrogens is 1. The lowest BCUT2D eigenvalue weighted by molar-refractivity contribution is -0.131. The molecular formula is C14H23N5O3. The number of aromatic nitrogens is 2. The Hall–Kier alpha value is -1.93. The van der Waals surface area contributed by atoms with Gasteiger partial charge in [-0.3, -0.25) is 14.7 Å². The van der Waals surface area contributed by atoms with Crippen LogP contribution in [0, 0.1) is 6.92 Å². The van der Waals surface area contributed by atoms with Gasteiger partial charge in [0, 0.05) is 18.2 Å². The Labute approximate surface area is 128 Å². The average Bonchev–Trinajstić information content (AvgIpc) is 2.84. The van der Waals surface area contributed by atoms with E-state index in [1.165, 1.54) is 12.5 Å². The fourth-order valence-electron chi connectivity index (χ4n) is 2.71. The molecule has 0 saturated carbocycles. The molecular weight excluding hydrogens is 286 g/mol. The van der Waals surface area contributed by atoms with Gasteiger partial charge in [-0.05, 0) is 32.3 Å². The first-order valence-electron chi connectivity index (χ1n) is 7.43. The molecule has 1 aliphatic carbocycles. The van der Waals surface area contributed by atoms with Gasteiger partial charge in [0.25, 0.3) is 0 Å². The van der Waals surface area contributed by atoms with Gasteiger partial charge in [-0.25, -0.2) is 0 Å². The van der Waals surface area contributed by atoms with Crippen LogP contribution in [0.15, 0.2) is 0 Å². The highest BCUT2D eigenvalue weighted by atomic mass is 16.3. The predicted octanol–water partition coefficient (Wildman–Crippen LogP) is -1.48. The maximum atomic E-state index is 12.3. The van der Waals surface area contributed by atoms with Gasteiger partial charge >= 0.3 is 0 Å². The van der Waals surface area contributed by atoms with Crippen LogP contribution < -0.4 is 16.4 Å². The molecule has 0 bridgehead atoms. The summed E-state index contributed by atoms with van der Waals surface area (Å²) in [6.07, 6.45) is 1.29. The summed E-state index contributed by atoms with van der Waals surface area (Å²) in [5, 5.41) is 22.2. The van der Waals surface area contributed by atoms with E-state index in [4.69, 9.17) is 5.73 Å². The summed E-state index contributed by atoms with van der Waals surface area (Å²) < 4.78 is 0. The molecule has 0 saturated heterocycles. The number of aryl methyl sites for hydroxylation is 1. The zero-order valence-electron chi connectivity index (χ0n) is 12.8. The number of fused-ring (bicyclic) bond motifs is 1. The predicted molar refractivity (Wildman–Crippen MR) is 79.9 cm³/mol. The summed E-state index contributed by atoms with van der Waals surface area (Å²) in [5.74, 6) is -0.882. The summed E-state index contributed by atoms with van der Waals surface area (Å²) >= 11 is 0. The molecule has 22 heavy (non-hydrogen) atoms. The molecule has 0 fully saturated rings. The van der Waals surface area contributed by atoms with Crippen LogP contribution in [-0.4, -0.2) is 51.9 Å². The second kappa shape index (κ2) is 6.89. The third-order valence-corrected chi connectivity index (χ3v) is 3.96. The molecule has 1 aliphatic rings. The monoisotopic (exact) mass is 309 g/mol. The second-order valence-corrected chi connectivity index (χ2v) is 5.71. The molecule has 1 heterocycles. The number of nitrogens with zero attached hydrogens (tertiary/aromatic N) is 1. The zero-order valence-corrected chi connectivity index (χ0v) is 12.8. The Morgan fingerprint density at radius 2 is 2.27 bits per heavy atom. The number of aliphatic hydroxyl groups is 1. The highest BCUT2D eigenvalue weighted by molar-refractivity contribution is 5.88. The highest BCUT2D eigenvalue weighted by Gasteiger charge is 2.29. The first-order chi connectivity index (χ1) is 10.4. The van der Waals surface area contributed by atoms with Gasteiger partial charge in [-0.1, -0.05) is 0 Å². The van der Waals surface area contributed by atoms with Crippen LogP contribution in [0.3, 0.4) is 0 Å². The van der Waals surface area contributed by atoms with E-state index < -0.39 is 24.0 Å². The van der Waals surface area contributed by atoms with Crippen molar-refractivity contribution in [1.29, 1.82) is 0 Å². The van der Waals surface area contributed by atoms with E-state index in [9.17, 15) is 14.7 Å². The summed E-state index contributed by atoms with van der Waals surface area (Å²) in [6.45, 7) is 3.21. The molecule has 122 valence electrons. The highest BCUT2D eigenvalue weighted by Crippen LogP contribution is 2.22. The minimum atomic E-state index is -1.00. The minimum Gasteiger partial charge on any atom is -0.391 e. The Bertz CT molecular complexity index is 555. The van der Waals surface area contributed by atoms with Crippen LogP contribution in [-0.2, 0) is 22.4 Å². The molecule has 0 aromatic carbocycles. The minimum absolute atomic E-state index is 0.0567. The van der Waals surface area contributed by atoms with Crippen LogP contribution in [0.4, 0.5) is 0 Å². The molecule has 6 N–H and O–H groups in total. The molecule has 0 aliphatic heterocycles. The van der Waals surface area contributed by atoms with Gasteiger partial charge in [0.1, 0.15) is 6.04 Å². The van der Waals surface area contributed by atoms with Crippen molar-refractivity contribution in [3.63, 3.8) is 0 Å². The van der Waals surface area contributed by atoms with Crippen molar-refractivity contribution >= 4 is 11.8 Å². The fraction of sp³-hybridized carbons (Fsp3) is 0.643. The number of nitrogens with two attached hydrogens (primary N) is 1. The number of amides is 2. The molecule has 8 heteroatoms. The summed E-state index contributed by atoms with van der Waals surface area (Å²) in [4.78, 5) is 23.6. The first-order valence-corrected chi connectivity index (χ1v) is 7.43. The van der Waals surface area contributed by atoms with Crippen LogP contribution >= 0.6 is 0 Å². The standard InChI is InChI=1S/C14H23N5O3/c1-7-10-4-3-9(5-11(10)19-18-7)16-14(22)13(8(2)20)17-12(21)6-15/h8-9,13,20H,3-6,15H2,1-2H3,(H,16,22)(H,17,21)(H,18,19)/t8-,9?,13+/m0/s1. The zero-order chi connectivity index (χ0) is 16.3. The van der Waals surface area contributed by atoms with Crippen molar-refractivity contribution in [1.82, 2.24) is 20.8 Å². The Balaban J connectivity index is 1.97. The second-order valence-electron chi connectivity index (χ2n) is 5.71. The summed E-state index contributed by atoms with van der Waals surface area (Å²) in [5.41, 5.74) is 8.47. The maximum absolute atomic E-state index is 12.3. The molecule has 1 aromatic rings. The van der Waals surface area contributed by atoms with E-state index in [0.717, 1.165) is 24.2 Å². The smallest absolute Gasteiger partial charge is 0.245 e. The number of nitrogens with one attached hydrogen (secondary N) is 3. The van der Waals surface area contributed by atoms with Crippen LogP contribution in [0.5, 0.6) is 0 Å². The SMILES string of the molecule is Cc1[nH]nc2c1CCC(NC(=O)[C@H](NC(=O)CN)[C@H](C)O)C2. The number of aromatic amines is 1. The maximum Gasteiger partial charge on any atom is 0.245 e. The Kier molecular flexibility index (Phi) is 5.15. The van der Waals surface area contributed by atoms with Crippen molar-refractivity contribution in [3.05, 3.63) is 17.0 Å². The third kappa shape index (κ3) is 3.63. The summed E-state index contributed by atoms with van der Waals surface area (Å²) in [7, 11) is 0. The number of hydrogen-bond donors (Lipinski definition) is 5. The molecule has 2 amide bonds. The lowest BCUT2D eigenvalue weighted by atomic mass is 9.92. The summed E-state index contributed by atoms with van der Waals surface area (Å²) in [6, 6.07) is -1.06. The number of carbonyl (C=O) groups excluding carboxylic acids is 2. The Morgan fingerprint density at radius 3 is 2.91 bits per heavy atom. The molecule has 3 atom stereocenters. The first kappa shape index (κ1) is 16.4. The van der Waals surface area contributed by atoms with Crippen molar-refractivity contribution in [2.45, 2.75) is 51.3 Å². The van der Waals surface area contributed by atoms with Gasteiger partial charge in [0.15, 0.2) is 0 Å². The van der Waals surface area contributed by atoms with Crippen LogP contribution in [0.2, 0.25) is 0 Å². The number of aliphatic hydroxyl groups excluding tert-OH is 1. The average molecular weight is 309 g/mol. The number of rotatable bonds is 5. The topological polar surface area (TPSA) is 133 Å².